The van der Waals surface area contributed by atoms with E-state index >= 15 is 0 Å². The Morgan fingerprint density at radius 1 is 1.07 bits per heavy atom. The summed E-state index contributed by atoms with van der Waals surface area (Å²) in [5.74, 6) is 0.372. The van der Waals surface area contributed by atoms with Crippen molar-refractivity contribution < 1.29 is 9.53 Å². The molecule has 144 valence electrons. The molecule has 1 aliphatic rings. The number of hydrogen-bond acceptors (Lipinski definition) is 5. The molecule has 1 heterocycles. The van der Waals surface area contributed by atoms with Crippen molar-refractivity contribution in [3.8, 4) is 5.75 Å². The summed E-state index contributed by atoms with van der Waals surface area (Å²) in [6.07, 6.45) is 0. The summed E-state index contributed by atoms with van der Waals surface area (Å²) in [4.78, 5) is 17.2. The fourth-order valence-corrected chi connectivity index (χ4v) is 3.33. The SMILES string of the molecule is COc1cc(N)ccc1C(=O)NCCN1CCN(Cc2ccccc2)CC1. The Morgan fingerprint density at radius 2 is 1.78 bits per heavy atom. The standard InChI is InChI=1S/C21H28N4O2/c1-27-20-15-18(22)7-8-19(20)21(26)23-9-10-24-11-13-25(14-12-24)16-17-5-3-2-4-6-17/h2-8,15H,9-14,16,22H2,1H3,(H,23,26). The van der Waals surface area contributed by atoms with Crippen LogP contribution < -0.4 is 15.8 Å². The molecule has 1 amide bonds. The van der Waals surface area contributed by atoms with Crippen LogP contribution >= 0.6 is 0 Å². The molecule has 0 saturated carbocycles. The number of nitrogen functional groups attached to an aromatic ring is 1. The van der Waals surface area contributed by atoms with Gasteiger partial charge in [-0.1, -0.05) is 30.3 Å². The molecule has 6 nitrogen and oxygen atoms in total. The van der Waals surface area contributed by atoms with Crippen molar-refractivity contribution in [1.29, 1.82) is 0 Å². The van der Waals surface area contributed by atoms with Gasteiger partial charge in [-0.05, 0) is 17.7 Å². The van der Waals surface area contributed by atoms with Gasteiger partial charge in [0.25, 0.3) is 5.91 Å². The number of methoxy groups -OCH3 is 1. The number of anilines is 1. The normalized spacial score (nSPS) is 15.4. The Labute approximate surface area is 160 Å². The van der Waals surface area contributed by atoms with Gasteiger partial charge in [0.1, 0.15) is 5.75 Å². The molecule has 1 aliphatic heterocycles. The molecule has 6 heteroatoms. The van der Waals surface area contributed by atoms with Crippen molar-refractivity contribution in [2.24, 2.45) is 0 Å². The average Bonchev–Trinajstić information content (AvgIpc) is 2.70. The summed E-state index contributed by atoms with van der Waals surface area (Å²) in [5.41, 5.74) is 8.19. The van der Waals surface area contributed by atoms with Crippen LogP contribution in [0.1, 0.15) is 15.9 Å². The van der Waals surface area contributed by atoms with Gasteiger partial charge in [0, 0.05) is 57.6 Å². The zero-order chi connectivity index (χ0) is 19.1. The first kappa shape index (κ1) is 19.2. The monoisotopic (exact) mass is 368 g/mol. The number of rotatable bonds is 7. The van der Waals surface area contributed by atoms with Crippen molar-refractivity contribution in [2.45, 2.75) is 6.54 Å². The Balaban J connectivity index is 1.40. The van der Waals surface area contributed by atoms with Crippen LogP contribution in [0.2, 0.25) is 0 Å². The third-order valence-electron chi connectivity index (χ3n) is 4.90. The van der Waals surface area contributed by atoms with Crippen molar-refractivity contribution in [3.05, 3.63) is 59.7 Å². The minimum atomic E-state index is -0.130. The molecule has 1 saturated heterocycles. The molecule has 0 bridgehead atoms. The number of carbonyl (C=O) groups excluding carboxylic acids is 1. The molecule has 2 aromatic rings. The minimum Gasteiger partial charge on any atom is -0.496 e. The summed E-state index contributed by atoms with van der Waals surface area (Å²) in [6.45, 7) is 6.61. The van der Waals surface area contributed by atoms with Gasteiger partial charge in [-0.15, -0.1) is 0 Å². The molecule has 0 spiro atoms. The van der Waals surface area contributed by atoms with Crippen LogP contribution in [-0.4, -0.2) is 62.1 Å². The van der Waals surface area contributed by atoms with Crippen molar-refractivity contribution in [3.63, 3.8) is 0 Å². The molecule has 0 aliphatic carbocycles. The van der Waals surface area contributed by atoms with Crippen LogP contribution in [0, 0.1) is 0 Å². The van der Waals surface area contributed by atoms with Crippen LogP contribution in [0.5, 0.6) is 5.75 Å². The Hall–Kier alpha value is -2.57. The van der Waals surface area contributed by atoms with E-state index < -0.39 is 0 Å². The lowest BCUT2D eigenvalue weighted by Gasteiger charge is -2.34. The fraction of sp³-hybridized carbons (Fsp3) is 0.381. The number of benzene rings is 2. The predicted molar refractivity (Wildman–Crippen MR) is 108 cm³/mol. The highest BCUT2D eigenvalue weighted by molar-refractivity contribution is 5.97. The van der Waals surface area contributed by atoms with E-state index in [9.17, 15) is 4.79 Å². The highest BCUT2D eigenvalue weighted by atomic mass is 16.5. The number of carbonyl (C=O) groups is 1. The van der Waals surface area contributed by atoms with E-state index in [4.69, 9.17) is 10.5 Å². The third kappa shape index (κ3) is 5.45. The molecular weight excluding hydrogens is 340 g/mol. The molecule has 0 radical (unpaired) electrons. The van der Waals surface area contributed by atoms with Gasteiger partial charge in [0.2, 0.25) is 0 Å². The number of nitrogens with zero attached hydrogens (tertiary/aromatic N) is 2. The summed E-state index contributed by atoms with van der Waals surface area (Å²) < 4.78 is 5.25. The number of amides is 1. The summed E-state index contributed by atoms with van der Waals surface area (Å²) >= 11 is 0. The fourth-order valence-electron chi connectivity index (χ4n) is 3.33. The van der Waals surface area contributed by atoms with Gasteiger partial charge < -0.3 is 15.8 Å². The van der Waals surface area contributed by atoms with E-state index in [0.717, 1.165) is 39.3 Å². The lowest BCUT2D eigenvalue weighted by molar-refractivity contribution is 0.0931. The van der Waals surface area contributed by atoms with E-state index in [1.165, 1.54) is 5.56 Å². The van der Waals surface area contributed by atoms with Crippen molar-refractivity contribution >= 4 is 11.6 Å². The van der Waals surface area contributed by atoms with Crippen LogP contribution in [0.4, 0.5) is 5.69 Å². The molecule has 2 aromatic carbocycles. The zero-order valence-electron chi connectivity index (χ0n) is 15.9. The second-order valence-electron chi connectivity index (χ2n) is 6.82. The molecule has 0 aromatic heterocycles. The highest BCUT2D eigenvalue weighted by Gasteiger charge is 2.17. The molecular formula is C21H28N4O2. The molecule has 0 atom stereocenters. The first-order valence-corrected chi connectivity index (χ1v) is 9.36. The lowest BCUT2D eigenvalue weighted by atomic mass is 10.1. The van der Waals surface area contributed by atoms with Gasteiger partial charge in [-0.2, -0.15) is 0 Å². The molecule has 0 unspecified atom stereocenters. The smallest absolute Gasteiger partial charge is 0.255 e. The Kier molecular flexibility index (Phi) is 6.68. The minimum absolute atomic E-state index is 0.130. The number of nitrogens with two attached hydrogens (primary N) is 1. The van der Waals surface area contributed by atoms with E-state index in [1.54, 1.807) is 25.3 Å². The topological polar surface area (TPSA) is 70.8 Å². The lowest BCUT2D eigenvalue weighted by Crippen LogP contribution is -2.48. The maximum atomic E-state index is 12.4. The summed E-state index contributed by atoms with van der Waals surface area (Å²) in [7, 11) is 1.54. The molecule has 3 N–H and O–H groups in total. The zero-order valence-corrected chi connectivity index (χ0v) is 15.9. The maximum absolute atomic E-state index is 12.4. The molecule has 1 fully saturated rings. The van der Waals surface area contributed by atoms with Gasteiger partial charge in [0.05, 0.1) is 12.7 Å². The largest absolute Gasteiger partial charge is 0.496 e. The number of hydrogen-bond donors (Lipinski definition) is 2. The first-order valence-electron chi connectivity index (χ1n) is 9.36. The Bertz CT molecular complexity index is 743. The van der Waals surface area contributed by atoms with Crippen LogP contribution in [0.3, 0.4) is 0 Å². The van der Waals surface area contributed by atoms with Gasteiger partial charge in [-0.25, -0.2) is 0 Å². The first-order chi connectivity index (χ1) is 13.2. The summed E-state index contributed by atoms with van der Waals surface area (Å²) in [6, 6.07) is 15.7. The van der Waals surface area contributed by atoms with Gasteiger partial charge in [0.15, 0.2) is 0 Å². The van der Waals surface area contributed by atoms with Gasteiger partial charge in [-0.3, -0.25) is 14.6 Å². The van der Waals surface area contributed by atoms with Crippen molar-refractivity contribution in [2.75, 3.05) is 52.1 Å². The second-order valence-corrected chi connectivity index (χ2v) is 6.82. The van der Waals surface area contributed by atoms with Gasteiger partial charge >= 0.3 is 0 Å². The van der Waals surface area contributed by atoms with E-state index in [0.29, 0.717) is 23.5 Å². The van der Waals surface area contributed by atoms with Crippen LogP contribution in [-0.2, 0) is 6.54 Å². The number of nitrogens with one attached hydrogen (secondary N) is 1. The molecule has 27 heavy (non-hydrogen) atoms. The Morgan fingerprint density at radius 3 is 2.48 bits per heavy atom. The van der Waals surface area contributed by atoms with Crippen LogP contribution in [0.25, 0.3) is 0 Å². The van der Waals surface area contributed by atoms with Crippen molar-refractivity contribution in [1.82, 2.24) is 15.1 Å². The molecule has 3 rings (SSSR count). The van der Waals surface area contributed by atoms with E-state index in [2.05, 4.69) is 45.4 Å². The summed E-state index contributed by atoms with van der Waals surface area (Å²) in [5, 5.41) is 2.98. The van der Waals surface area contributed by atoms with Crippen LogP contribution in [0.15, 0.2) is 48.5 Å². The average molecular weight is 368 g/mol. The third-order valence-corrected chi connectivity index (χ3v) is 4.90. The van der Waals surface area contributed by atoms with E-state index in [-0.39, 0.29) is 5.91 Å². The quantitative estimate of drug-likeness (QED) is 0.730. The number of ether oxygens (including phenoxy) is 1. The number of piperazine rings is 1. The van der Waals surface area contributed by atoms with E-state index in [1.807, 2.05) is 0 Å². The highest BCUT2D eigenvalue weighted by Crippen LogP contribution is 2.21. The predicted octanol–water partition coefficient (Wildman–Crippen LogP) is 1.82. The second kappa shape index (κ2) is 9.39. The maximum Gasteiger partial charge on any atom is 0.255 e.